The van der Waals surface area contributed by atoms with E-state index < -0.39 is 18.1 Å². The number of nitrogens with two attached hydrogens (primary N) is 1. The second-order valence-electron chi connectivity index (χ2n) is 3.08. The van der Waals surface area contributed by atoms with Crippen molar-refractivity contribution in [3.8, 4) is 5.75 Å². The lowest BCUT2D eigenvalue weighted by molar-refractivity contribution is -0.139. The molecule has 0 aromatic heterocycles. The first-order valence-corrected chi connectivity index (χ1v) is 4.29. The van der Waals surface area contributed by atoms with Crippen LogP contribution in [0.15, 0.2) is 29.3 Å². The van der Waals surface area contributed by atoms with Crippen LogP contribution in [0, 0.1) is 0 Å². The number of aromatic hydroxyl groups is 1. The molecule has 0 radical (unpaired) electrons. The Labute approximate surface area is 86.9 Å². The number of hydrogen-bond donors (Lipinski definition) is 3. The maximum absolute atomic E-state index is 10.7. The van der Waals surface area contributed by atoms with Crippen LogP contribution in [0.5, 0.6) is 5.75 Å². The Bertz CT molecular complexity index is 361. The third kappa shape index (κ3) is 2.54. The number of benzene rings is 1. The Morgan fingerprint density at radius 1 is 1.40 bits per heavy atom. The second kappa shape index (κ2) is 4.56. The van der Waals surface area contributed by atoms with E-state index in [2.05, 4.69) is 11.7 Å². The summed E-state index contributed by atoms with van der Waals surface area (Å²) in [6, 6.07) is 4.19. The number of nitrogens with zero attached hydrogens (tertiary/aromatic N) is 1. The first-order valence-electron chi connectivity index (χ1n) is 4.29. The minimum atomic E-state index is -1.14. The second-order valence-corrected chi connectivity index (χ2v) is 3.08. The van der Waals surface area contributed by atoms with E-state index in [1.807, 2.05) is 0 Å². The summed E-state index contributed by atoms with van der Waals surface area (Å²) < 4.78 is 0. The Kier molecular flexibility index (Phi) is 3.41. The number of carbonyl (C=O) groups is 1. The summed E-state index contributed by atoms with van der Waals surface area (Å²) in [4.78, 5) is 14.3. The highest BCUT2D eigenvalue weighted by Gasteiger charge is 2.24. The molecule has 0 fully saturated rings. The van der Waals surface area contributed by atoms with Crippen molar-refractivity contribution >= 4 is 12.7 Å². The molecule has 0 aliphatic carbocycles. The van der Waals surface area contributed by atoms with Crippen LogP contribution in [0.1, 0.15) is 11.6 Å². The van der Waals surface area contributed by atoms with Crippen LogP contribution in [-0.4, -0.2) is 28.9 Å². The summed E-state index contributed by atoms with van der Waals surface area (Å²) in [6.45, 7) is 3.31. The summed E-state index contributed by atoms with van der Waals surface area (Å²) in [7, 11) is 0. The van der Waals surface area contributed by atoms with E-state index in [9.17, 15) is 4.79 Å². The topological polar surface area (TPSA) is 95.9 Å². The molecule has 1 aromatic carbocycles. The minimum Gasteiger partial charge on any atom is -0.508 e. The van der Waals surface area contributed by atoms with Gasteiger partial charge in [-0.15, -0.1) is 0 Å². The van der Waals surface area contributed by atoms with Gasteiger partial charge in [-0.25, -0.2) is 0 Å². The molecule has 0 spiro atoms. The van der Waals surface area contributed by atoms with Crippen LogP contribution in [0.4, 0.5) is 0 Å². The van der Waals surface area contributed by atoms with Crippen molar-refractivity contribution in [3.05, 3.63) is 29.8 Å². The fraction of sp³-hybridized carbons (Fsp3) is 0.200. The lowest BCUT2D eigenvalue weighted by Gasteiger charge is -2.16. The molecular formula is C10H12N2O3. The number of hydrogen-bond acceptors (Lipinski definition) is 4. The fourth-order valence-corrected chi connectivity index (χ4v) is 1.23. The third-order valence-corrected chi connectivity index (χ3v) is 2.06. The zero-order valence-corrected chi connectivity index (χ0v) is 8.00. The molecule has 4 N–H and O–H groups in total. The predicted octanol–water partition coefficient (Wildman–Crippen LogP) is 0.546. The average Bonchev–Trinajstić information content (AvgIpc) is 2.21. The van der Waals surface area contributed by atoms with Crippen LogP contribution in [0.3, 0.4) is 0 Å². The molecule has 0 heterocycles. The van der Waals surface area contributed by atoms with E-state index in [1.165, 1.54) is 12.1 Å². The van der Waals surface area contributed by atoms with E-state index in [4.69, 9.17) is 15.9 Å². The molecule has 0 saturated heterocycles. The number of aliphatic imine (C=N–C) groups is 1. The van der Waals surface area contributed by atoms with Gasteiger partial charge in [0.1, 0.15) is 17.8 Å². The number of rotatable bonds is 4. The van der Waals surface area contributed by atoms with E-state index in [1.54, 1.807) is 12.1 Å². The van der Waals surface area contributed by atoms with Gasteiger partial charge in [-0.3, -0.25) is 9.79 Å². The molecule has 15 heavy (non-hydrogen) atoms. The highest BCUT2D eigenvalue weighted by molar-refractivity contribution is 5.74. The van der Waals surface area contributed by atoms with Gasteiger partial charge in [0, 0.05) is 0 Å². The van der Waals surface area contributed by atoms with Crippen LogP contribution < -0.4 is 5.73 Å². The molecular weight excluding hydrogens is 196 g/mol. The fourth-order valence-electron chi connectivity index (χ4n) is 1.23. The van der Waals surface area contributed by atoms with Crippen molar-refractivity contribution in [3.63, 3.8) is 0 Å². The number of phenolic OH excluding ortho intramolecular Hbond substituents is 1. The third-order valence-electron chi connectivity index (χ3n) is 2.06. The van der Waals surface area contributed by atoms with Crippen molar-refractivity contribution in [2.75, 3.05) is 0 Å². The predicted molar refractivity (Wildman–Crippen MR) is 56.0 cm³/mol. The molecule has 2 unspecified atom stereocenters. The summed E-state index contributed by atoms with van der Waals surface area (Å²) >= 11 is 0. The van der Waals surface area contributed by atoms with Crippen LogP contribution in [0.2, 0.25) is 0 Å². The van der Waals surface area contributed by atoms with Gasteiger partial charge >= 0.3 is 5.97 Å². The van der Waals surface area contributed by atoms with Gasteiger partial charge in [0.2, 0.25) is 0 Å². The van der Waals surface area contributed by atoms with Crippen LogP contribution >= 0.6 is 0 Å². The highest BCUT2D eigenvalue weighted by atomic mass is 16.4. The monoisotopic (exact) mass is 208 g/mol. The molecule has 2 atom stereocenters. The zero-order chi connectivity index (χ0) is 11.4. The van der Waals surface area contributed by atoms with E-state index >= 15 is 0 Å². The molecule has 5 nitrogen and oxygen atoms in total. The highest BCUT2D eigenvalue weighted by Crippen LogP contribution is 2.22. The smallest absolute Gasteiger partial charge is 0.323 e. The lowest BCUT2D eigenvalue weighted by atomic mass is 10.0. The van der Waals surface area contributed by atoms with Crippen LogP contribution in [0.25, 0.3) is 0 Å². The summed E-state index contributed by atoms with van der Waals surface area (Å²) in [5.74, 6) is -1.04. The maximum atomic E-state index is 10.7. The molecule has 0 amide bonds. The van der Waals surface area contributed by atoms with Crippen molar-refractivity contribution in [1.82, 2.24) is 0 Å². The van der Waals surface area contributed by atoms with Gasteiger partial charge in [0.25, 0.3) is 0 Å². The van der Waals surface area contributed by atoms with Crippen molar-refractivity contribution in [1.29, 1.82) is 0 Å². The molecule has 0 saturated carbocycles. The molecule has 80 valence electrons. The number of phenols is 1. The Morgan fingerprint density at radius 3 is 2.33 bits per heavy atom. The Morgan fingerprint density at radius 2 is 1.93 bits per heavy atom. The molecule has 5 heteroatoms. The average molecular weight is 208 g/mol. The molecule has 0 bridgehead atoms. The number of carboxylic acid groups (broad SMARTS) is 1. The Hall–Kier alpha value is -1.88. The zero-order valence-electron chi connectivity index (χ0n) is 8.00. The van der Waals surface area contributed by atoms with E-state index in [0.717, 1.165) is 0 Å². The summed E-state index contributed by atoms with van der Waals surface area (Å²) in [6.07, 6.45) is 0. The number of carboxylic acids is 1. The lowest BCUT2D eigenvalue weighted by Crippen LogP contribution is -2.35. The van der Waals surface area contributed by atoms with Gasteiger partial charge in [-0.1, -0.05) is 12.1 Å². The van der Waals surface area contributed by atoms with Crippen molar-refractivity contribution < 1.29 is 15.0 Å². The van der Waals surface area contributed by atoms with Gasteiger partial charge in [0.05, 0.1) is 0 Å². The van der Waals surface area contributed by atoms with Crippen LogP contribution in [-0.2, 0) is 4.79 Å². The largest absolute Gasteiger partial charge is 0.508 e. The SMILES string of the molecule is C=NC(c1ccc(O)cc1)C(N)C(=O)O. The summed E-state index contributed by atoms with van der Waals surface area (Å²) in [5.41, 5.74) is 6.05. The molecule has 0 aliphatic heterocycles. The maximum Gasteiger partial charge on any atom is 0.323 e. The van der Waals surface area contributed by atoms with Gasteiger partial charge < -0.3 is 15.9 Å². The van der Waals surface area contributed by atoms with Crippen molar-refractivity contribution in [2.24, 2.45) is 10.7 Å². The van der Waals surface area contributed by atoms with Gasteiger partial charge in [-0.2, -0.15) is 0 Å². The standard InChI is InChI=1S/C10H12N2O3/c1-12-9(8(11)10(14)15)6-2-4-7(13)5-3-6/h2-5,8-9,13H,1,11H2,(H,14,15). The van der Waals surface area contributed by atoms with E-state index in [0.29, 0.717) is 5.56 Å². The van der Waals surface area contributed by atoms with Gasteiger partial charge in [-0.05, 0) is 24.4 Å². The first-order chi connectivity index (χ1) is 7.06. The van der Waals surface area contributed by atoms with Crippen molar-refractivity contribution in [2.45, 2.75) is 12.1 Å². The quantitative estimate of drug-likeness (QED) is 0.629. The molecule has 1 aromatic rings. The van der Waals surface area contributed by atoms with E-state index in [-0.39, 0.29) is 5.75 Å². The molecule has 1 rings (SSSR count). The normalized spacial score (nSPS) is 14.2. The summed E-state index contributed by atoms with van der Waals surface area (Å²) in [5, 5.41) is 17.8. The Balaban J connectivity index is 2.97. The number of aliphatic carboxylic acids is 1. The van der Waals surface area contributed by atoms with Gasteiger partial charge in [0.15, 0.2) is 0 Å². The minimum absolute atomic E-state index is 0.102. The molecule has 0 aliphatic rings. The first kappa shape index (κ1) is 11.2.